The van der Waals surface area contributed by atoms with Gasteiger partial charge in [0.25, 0.3) is 5.69 Å². The number of non-ortho nitro benzene ring substituents is 1. The van der Waals surface area contributed by atoms with Gasteiger partial charge >= 0.3 is 5.97 Å². The third-order valence-electron chi connectivity index (χ3n) is 1.85. The molecule has 1 aromatic carbocycles. The van der Waals surface area contributed by atoms with E-state index in [0.717, 1.165) is 0 Å². The first kappa shape index (κ1) is 13.8. The number of hydrogen-bond acceptors (Lipinski definition) is 4. The second-order valence-electron chi connectivity index (χ2n) is 3.16. The number of benzene rings is 1. The lowest BCUT2D eigenvalue weighted by Gasteiger charge is -2.03. The molecule has 0 aliphatic rings. The zero-order chi connectivity index (χ0) is 13.0. The Hall–Kier alpha value is -1.28. The molecule has 0 fully saturated rings. The Bertz CT molecular complexity index is 490. The summed E-state index contributed by atoms with van der Waals surface area (Å²) in [6.45, 7) is 0. The molecule has 1 N–H and O–H groups in total. The number of carboxylic acid groups (broad SMARTS) is 1. The number of nitro groups is 1. The maximum absolute atomic E-state index is 11.4. The first-order valence-corrected chi connectivity index (χ1v) is 6.68. The van der Waals surface area contributed by atoms with Gasteiger partial charge in [0.15, 0.2) is 0 Å². The molecule has 1 unspecified atom stereocenters. The SMILES string of the molecule is O=C(O)CS(=O)Cc1ccc([N+](=O)[O-])cc1Br. The van der Waals surface area contributed by atoms with E-state index in [9.17, 15) is 19.1 Å². The third-order valence-corrected chi connectivity index (χ3v) is 3.79. The Morgan fingerprint density at radius 3 is 2.65 bits per heavy atom. The predicted octanol–water partition coefficient (Wildman–Crippen LogP) is 1.69. The van der Waals surface area contributed by atoms with Crippen LogP contribution < -0.4 is 0 Å². The Morgan fingerprint density at radius 2 is 2.18 bits per heavy atom. The molecule has 1 aromatic rings. The van der Waals surface area contributed by atoms with E-state index >= 15 is 0 Å². The van der Waals surface area contributed by atoms with E-state index in [-0.39, 0.29) is 11.4 Å². The van der Waals surface area contributed by atoms with Crippen molar-refractivity contribution in [3.05, 3.63) is 38.3 Å². The average Bonchev–Trinajstić information content (AvgIpc) is 2.19. The van der Waals surface area contributed by atoms with Gasteiger partial charge in [0.2, 0.25) is 0 Å². The molecule has 6 nitrogen and oxygen atoms in total. The summed E-state index contributed by atoms with van der Waals surface area (Å²) in [5.74, 6) is -1.53. The molecule has 0 radical (unpaired) electrons. The van der Waals surface area contributed by atoms with Crippen LogP contribution in [-0.2, 0) is 21.3 Å². The second kappa shape index (κ2) is 5.87. The quantitative estimate of drug-likeness (QED) is 0.657. The maximum atomic E-state index is 11.4. The van der Waals surface area contributed by atoms with Crippen LogP contribution in [0.15, 0.2) is 22.7 Å². The molecule has 8 heteroatoms. The van der Waals surface area contributed by atoms with Crippen molar-refractivity contribution in [2.24, 2.45) is 0 Å². The molecule has 0 aliphatic carbocycles. The monoisotopic (exact) mass is 321 g/mol. The van der Waals surface area contributed by atoms with Gasteiger partial charge in [0.05, 0.1) is 10.7 Å². The molecule has 0 aliphatic heterocycles. The molecule has 0 heterocycles. The van der Waals surface area contributed by atoms with Gasteiger partial charge in [-0.25, -0.2) is 0 Å². The van der Waals surface area contributed by atoms with Gasteiger partial charge in [-0.05, 0) is 5.56 Å². The number of aliphatic carboxylic acids is 1. The number of carboxylic acids is 1. The molecule has 0 saturated heterocycles. The topological polar surface area (TPSA) is 97.5 Å². The highest BCUT2D eigenvalue weighted by Gasteiger charge is 2.12. The van der Waals surface area contributed by atoms with Crippen molar-refractivity contribution in [1.29, 1.82) is 0 Å². The Labute approximate surface area is 107 Å². The highest BCUT2D eigenvalue weighted by Crippen LogP contribution is 2.24. The first-order valence-electron chi connectivity index (χ1n) is 4.39. The second-order valence-corrected chi connectivity index (χ2v) is 5.47. The molecule has 92 valence electrons. The standard InChI is InChI=1S/C9H8BrNO5S/c10-8-3-7(11(14)15)2-1-6(8)4-17(16)5-9(12)13/h1-3H,4-5H2,(H,12,13). The number of hydrogen-bond donors (Lipinski definition) is 1. The van der Waals surface area contributed by atoms with Gasteiger partial charge in [0.1, 0.15) is 5.75 Å². The molecule has 0 aromatic heterocycles. The van der Waals surface area contributed by atoms with Gasteiger partial charge in [-0.1, -0.05) is 22.0 Å². The normalized spacial score (nSPS) is 12.1. The fourth-order valence-electron chi connectivity index (χ4n) is 1.13. The van der Waals surface area contributed by atoms with Crippen LogP contribution in [0.25, 0.3) is 0 Å². The van der Waals surface area contributed by atoms with E-state index in [1.54, 1.807) is 0 Å². The molecule has 0 bridgehead atoms. The van der Waals surface area contributed by atoms with Crippen molar-refractivity contribution in [2.75, 3.05) is 5.75 Å². The summed E-state index contributed by atoms with van der Waals surface area (Å²) < 4.78 is 11.8. The van der Waals surface area contributed by atoms with Gasteiger partial charge in [0, 0.05) is 27.4 Å². The molecule has 0 spiro atoms. The summed E-state index contributed by atoms with van der Waals surface area (Å²) in [5.41, 5.74) is 0.500. The Kier molecular flexibility index (Phi) is 4.76. The van der Waals surface area contributed by atoms with Gasteiger partial charge < -0.3 is 5.11 Å². The molecule has 17 heavy (non-hydrogen) atoms. The average molecular weight is 322 g/mol. The van der Waals surface area contributed by atoms with Crippen LogP contribution in [0.3, 0.4) is 0 Å². The molecule has 0 saturated carbocycles. The summed E-state index contributed by atoms with van der Waals surface area (Å²) in [5, 5.41) is 18.9. The number of halogens is 1. The number of carbonyl (C=O) groups is 1. The summed E-state index contributed by atoms with van der Waals surface area (Å²) in [6, 6.07) is 4.05. The van der Waals surface area contributed by atoms with Crippen LogP contribution in [0.1, 0.15) is 5.56 Å². The van der Waals surface area contributed by atoms with E-state index in [1.165, 1.54) is 18.2 Å². The summed E-state index contributed by atoms with van der Waals surface area (Å²) in [7, 11) is -1.53. The first-order chi connectivity index (χ1) is 7.90. The molecular formula is C9H8BrNO5S. The van der Waals surface area contributed by atoms with E-state index < -0.39 is 27.4 Å². The van der Waals surface area contributed by atoms with E-state index in [0.29, 0.717) is 10.0 Å². The Morgan fingerprint density at radius 1 is 1.53 bits per heavy atom. The van der Waals surface area contributed by atoms with Crippen LogP contribution in [0.2, 0.25) is 0 Å². The van der Waals surface area contributed by atoms with Crippen LogP contribution >= 0.6 is 15.9 Å². The zero-order valence-corrected chi connectivity index (χ0v) is 10.9. The summed E-state index contributed by atoms with van der Waals surface area (Å²) in [6.07, 6.45) is 0. The number of nitro benzene ring substituents is 1. The van der Waals surface area contributed by atoms with Crippen LogP contribution in [-0.4, -0.2) is 26.0 Å². The maximum Gasteiger partial charge on any atom is 0.316 e. The van der Waals surface area contributed by atoms with Gasteiger partial charge in [-0.2, -0.15) is 0 Å². The minimum absolute atomic E-state index is 0.0465. The molecule has 1 rings (SSSR count). The minimum atomic E-state index is -1.53. The van der Waals surface area contributed by atoms with Crippen LogP contribution in [0.5, 0.6) is 0 Å². The zero-order valence-electron chi connectivity index (χ0n) is 8.46. The minimum Gasteiger partial charge on any atom is -0.481 e. The lowest BCUT2D eigenvalue weighted by molar-refractivity contribution is -0.384. The van der Waals surface area contributed by atoms with Crippen LogP contribution in [0, 0.1) is 10.1 Å². The molecule has 0 amide bonds. The fraction of sp³-hybridized carbons (Fsp3) is 0.222. The van der Waals surface area contributed by atoms with E-state index in [4.69, 9.17) is 5.11 Å². The third kappa shape index (κ3) is 4.23. The molecule has 1 atom stereocenters. The van der Waals surface area contributed by atoms with Crippen molar-refractivity contribution >= 4 is 38.4 Å². The number of rotatable bonds is 5. The van der Waals surface area contributed by atoms with Crippen molar-refractivity contribution in [3.63, 3.8) is 0 Å². The van der Waals surface area contributed by atoms with Crippen LogP contribution in [0.4, 0.5) is 5.69 Å². The fourth-order valence-corrected chi connectivity index (χ4v) is 2.80. The Balaban J connectivity index is 2.83. The van der Waals surface area contributed by atoms with Crippen molar-refractivity contribution in [3.8, 4) is 0 Å². The molecular weight excluding hydrogens is 314 g/mol. The summed E-state index contributed by atoms with van der Waals surface area (Å²) >= 11 is 3.12. The smallest absolute Gasteiger partial charge is 0.316 e. The largest absolute Gasteiger partial charge is 0.481 e. The van der Waals surface area contributed by atoms with Crippen molar-refractivity contribution in [1.82, 2.24) is 0 Å². The predicted molar refractivity (Wildman–Crippen MR) is 65.1 cm³/mol. The van der Waals surface area contributed by atoms with Crippen molar-refractivity contribution < 1.29 is 19.0 Å². The summed E-state index contributed by atoms with van der Waals surface area (Å²) in [4.78, 5) is 20.3. The highest BCUT2D eigenvalue weighted by molar-refractivity contribution is 9.10. The van der Waals surface area contributed by atoms with Gasteiger partial charge in [-0.15, -0.1) is 0 Å². The number of nitrogens with zero attached hydrogens (tertiary/aromatic N) is 1. The highest BCUT2D eigenvalue weighted by atomic mass is 79.9. The van der Waals surface area contributed by atoms with E-state index in [2.05, 4.69) is 15.9 Å². The van der Waals surface area contributed by atoms with Gasteiger partial charge in [-0.3, -0.25) is 19.1 Å². The van der Waals surface area contributed by atoms with Crippen molar-refractivity contribution in [2.45, 2.75) is 5.75 Å². The lowest BCUT2D eigenvalue weighted by Crippen LogP contribution is -2.10. The lowest BCUT2D eigenvalue weighted by atomic mass is 10.2. The van der Waals surface area contributed by atoms with E-state index in [1.807, 2.05) is 0 Å².